The van der Waals surface area contributed by atoms with Crippen molar-refractivity contribution in [3.8, 4) is 6.07 Å². The smallest absolute Gasteiger partial charge is 0.0692 e. The van der Waals surface area contributed by atoms with E-state index in [-0.39, 0.29) is 5.41 Å². The Labute approximate surface area is 155 Å². The average molecular weight is 343 g/mol. The van der Waals surface area contributed by atoms with E-state index in [4.69, 9.17) is 0 Å². The molecule has 0 aromatic carbocycles. The van der Waals surface area contributed by atoms with Crippen LogP contribution >= 0.6 is 0 Å². The van der Waals surface area contributed by atoms with Gasteiger partial charge < -0.3 is 0 Å². The number of hydrogen-bond donors (Lipinski definition) is 0. The fourth-order valence-corrected chi connectivity index (χ4v) is 6.41. The van der Waals surface area contributed by atoms with Gasteiger partial charge in [-0.2, -0.15) is 5.26 Å². The number of hydrogen-bond acceptors (Lipinski definition) is 2. The maximum atomic E-state index is 10.0. The molecule has 3 rings (SSSR count). The molecule has 140 valence electrons. The normalized spacial score (nSPS) is 42.5. The maximum absolute atomic E-state index is 10.0. The van der Waals surface area contributed by atoms with Gasteiger partial charge in [0.15, 0.2) is 0 Å². The van der Waals surface area contributed by atoms with Gasteiger partial charge >= 0.3 is 0 Å². The molecular weight excluding hydrogens is 304 g/mol. The Bertz CT molecular complexity index is 453. The molecule has 25 heavy (non-hydrogen) atoms. The lowest BCUT2D eigenvalue weighted by Gasteiger charge is -2.45. The number of nitriles is 1. The Morgan fingerprint density at radius 1 is 0.920 bits per heavy atom. The summed E-state index contributed by atoms with van der Waals surface area (Å²) in [6.07, 6.45) is 18.3. The molecule has 0 amide bonds. The summed E-state index contributed by atoms with van der Waals surface area (Å²) in [5, 5.41) is 10.0. The maximum Gasteiger partial charge on any atom is 0.0692 e. The van der Waals surface area contributed by atoms with Crippen LogP contribution in [0.3, 0.4) is 0 Å². The average Bonchev–Trinajstić information content (AvgIpc) is 2.69. The first kappa shape index (κ1) is 18.9. The summed E-state index contributed by atoms with van der Waals surface area (Å²) in [5.74, 6) is 3.51. The third-order valence-corrected chi connectivity index (χ3v) is 8.14. The van der Waals surface area contributed by atoms with Crippen molar-refractivity contribution in [2.24, 2.45) is 34.1 Å². The molecule has 3 aliphatic carbocycles. The van der Waals surface area contributed by atoms with Gasteiger partial charge in [0.2, 0.25) is 0 Å². The largest absolute Gasteiger partial charge is 0.298 e. The molecule has 0 aromatic heterocycles. The van der Waals surface area contributed by atoms with E-state index < -0.39 is 0 Å². The van der Waals surface area contributed by atoms with Gasteiger partial charge in [0.25, 0.3) is 0 Å². The first-order valence-electron chi connectivity index (χ1n) is 11.1. The second-order valence-electron chi connectivity index (χ2n) is 9.36. The summed E-state index contributed by atoms with van der Waals surface area (Å²) in [7, 11) is 0. The van der Waals surface area contributed by atoms with E-state index in [9.17, 15) is 5.26 Å². The van der Waals surface area contributed by atoms with Crippen LogP contribution in [-0.4, -0.2) is 12.8 Å². The van der Waals surface area contributed by atoms with Crippen molar-refractivity contribution in [2.45, 2.75) is 103 Å². The van der Waals surface area contributed by atoms with Crippen LogP contribution in [0.4, 0.5) is 0 Å². The van der Waals surface area contributed by atoms with Crippen LogP contribution in [0.25, 0.3) is 0 Å². The van der Waals surface area contributed by atoms with Crippen molar-refractivity contribution >= 4 is 6.72 Å². The zero-order chi connectivity index (χ0) is 17.7. The van der Waals surface area contributed by atoms with Crippen LogP contribution in [-0.2, 0) is 0 Å². The van der Waals surface area contributed by atoms with E-state index in [1.54, 1.807) is 0 Å². The van der Waals surface area contributed by atoms with E-state index in [2.05, 4.69) is 24.7 Å². The third-order valence-electron chi connectivity index (χ3n) is 8.14. The predicted molar refractivity (Wildman–Crippen MR) is 106 cm³/mol. The molecule has 0 aromatic rings. The van der Waals surface area contributed by atoms with Crippen molar-refractivity contribution in [3.63, 3.8) is 0 Å². The highest BCUT2D eigenvalue weighted by Crippen LogP contribution is 2.52. The molecule has 2 nitrogen and oxygen atoms in total. The molecule has 0 aliphatic heterocycles. The standard InChI is InChI=1S/C23H38N2/c1-3-4-18-5-7-19(8-6-18)20-13-15-23(17-24,16-14-20)21-9-11-22(25-2)12-10-21/h18-22H,2-16H2,1H3. The van der Waals surface area contributed by atoms with E-state index in [1.165, 1.54) is 77.0 Å². The van der Waals surface area contributed by atoms with Gasteiger partial charge in [0.05, 0.1) is 11.5 Å². The minimum absolute atomic E-state index is 0.0119. The zero-order valence-corrected chi connectivity index (χ0v) is 16.4. The quantitative estimate of drug-likeness (QED) is 0.522. The van der Waals surface area contributed by atoms with Gasteiger partial charge in [0, 0.05) is 6.04 Å². The molecule has 0 saturated heterocycles. The van der Waals surface area contributed by atoms with E-state index >= 15 is 0 Å². The lowest BCUT2D eigenvalue weighted by Crippen LogP contribution is -2.38. The Hall–Kier alpha value is -0.840. The fourth-order valence-electron chi connectivity index (χ4n) is 6.41. The molecule has 0 unspecified atom stereocenters. The molecule has 2 heteroatoms. The number of rotatable bonds is 5. The third kappa shape index (κ3) is 4.29. The first-order valence-corrected chi connectivity index (χ1v) is 11.1. The Morgan fingerprint density at radius 2 is 1.52 bits per heavy atom. The molecule has 3 fully saturated rings. The van der Waals surface area contributed by atoms with Crippen molar-refractivity contribution in [1.29, 1.82) is 5.26 Å². The molecule has 3 aliphatic rings. The van der Waals surface area contributed by atoms with Gasteiger partial charge in [-0.3, -0.25) is 4.99 Å². The van der Waals surface area contributed by atoms with Crippen LogP contribution in [0.5, 0.6) is 0 Å². The predicted octanol–water partition coefficient (Wildman–Crippen LogP) is 6.55. The van der Waals surface area contributed by atoms with Crippen LogP contribution in [0.2, 0.25) is 0 Å². The van der Waals surface area contributed by atoms with Gasteiger partial charge in [-0.15, -0.1) is 0 Å². The summed E-state index contributed by atoms with van der Waals surface area (Å²) >= 11 is 0. The summed E-state index contributed by atoms with van der Waals surface area (Å²) in [4.78, 5) is 4.24. The summed E-state index contributed by atoms with van der Waals surface area (Å²) in [5.41, 5.74) is -0.0119. The molecule has 0 heterocycles. The van der Waals surface area contributed by atoms with Crippen LogP contribution in [0, 0.1) is 40.4 Å². The van der Waals surface area contributed by atoms with E-state index in [0.29, 0.717) is 12.0 Å². The molecule has 0 radical (unpaired) electrons. The highest BCUT2D eigenvalue weighted by molar-refractivity contribution is 5.24. The van der Waals surface area contributed by atoms with Gasteiger partial charge in [-0.25, -0.2) is 0 Å². The molecule has 0 spiro atoms. The molecule has 0 N–H and O–H groups in total. The topological polar surface area (TPSA) is 36.1 Å². The Morgan fingerprint density at radius 3 is 2.04 bits per heavy atom. The molecule has 3 saturated carbocycles. The van der Waals surface area contributed by atoms with Gasteiger partial charge in [0.1, 0.15) is 0 Å². The lowest BCUT2D eigenvalue weighted by atomic mass is 9.58. The van der Waals surface area contributed by atoms with Crippen molar-refractivity contribution in [3.05, 3.63) is 0 Å². The lowest BCUT2D eigenvalue weighted by molar-refractivity contribution is 0.0672. The monoisotopic (exact) mass is 342 g/mol. The Kier molecular flexibility index (Phi) is 6.59. The van der Waals surface area contributed by atoms with Gasteiger partial charge in [-0.1, -0.05) is 32.6 Å². The summed E-state index contributed by atoms with van der Waals surface area (Å²) in [6, 6.07) is 3.28. The number of nitrogens with zero attached hydrogens (tertiary/aromatic N) is 2. The van der Waals surface area contributed by atoms with E-state index in [1.807, 2.05) is 0 Å². The van der Waals surface area contributed by atoms with Crippen LogP contribution in [0.1, 0.15) is 96.8 Å². The van der Waals surface area contributed by atoms with Crippen LogP contribution < -0.4 is 0 Å². The van der Waals surface area contributed by atoms with Crippen molar-refractivity contribution in [2.75, 3.05) is 0 Å². The number of aliphatic imine (C=N–C) groups is 1. The second-order valence-corrected chi connectivity index (χ2v) is 9.36. The summed E-state index contributed by atoms with van der Waals surface area (Å²) < 4.78 is 0. The SMILES string of the molecule is C=NC1CCC(C2(C#N)CCC(C3CCC(CCC)CC3)CC2)CC1. The zero-order valence-electron chi connectivity index (χ0n) is 16.4. The molecule has 0 atom stereocenters. The minimum atomic E-state index is -0.0119. The van der Waals surface area contributed by atoms with E-state index in [0.717, 1.165) is 30.6 Å². The van der Waals surface area contributed by atoms with Crippen molar-refractivity contribution in [1.82, 2.24) is 0 Å². The molecule has 0 bridgehead atoms. The molecular formula is C23H38N2. The minimum Gasteiger partial charge on any atom is -0.298 e. The van der Waals surface area contributed by atoms with Crippen molar-refractivity contribution < 1.29 is 0 Å². The van der Waals surface area contributed by atoms with Crippen LogP contribution in [0.15, 0.2) is 4.99 Å². The first-order chi connectivity index (χ1) is 12.2. The summed E-state index contributed by atoms with van der Waals surface area (Å²) in [6.45, 7) is 6.05. The van der Waals surface area contributed by atoms with Gasteiger partial charge in [-0.05, 0) is 94.6 Å². The highest BCUT2D eigenvalue weighted by Gasteiger charge is 2.44. The fraction of sp³-hybridized carbons (Fsp3) is 0.913. The highest BCUT2D eigenvalue weighted by atomic mass is 14.7. The Balaban J connectivity index is 1.50. The second kappa shape index (κ2) is 8.70.